The van der Waals surface area contributed by atoms with Crippen molar-refractivity contribution in [3.8, 4) is 0 Å². The van der Waals surface area contributed by atoms with Gasteiger partial charge in [-0.2, -0.15) is 0 Å². The number of hydrogen-bond acceptors (Lipinski definition) is 4. The molecule has 32 heavy (non-hydrogen) atoms. The summed E-state index contributed by atoms with van der Waals surface area (Å²) < 4.78 is 0. The largest absolute Gasteiger partial charge is 0.362 e. The van der Waals surface area contributed by atoms with Crippen LogP contribution in [-0.4, -0.2) is 64.4 Å². The molecule has 4 aliphatic rings. The number of piperidine rings is 1. The highest BCUT2D eigenvalue weighted by Gasteiger charge is 2.52. The minimum absolute atomic E-state index is 0.0883. The highest BCUT2D eigenvalue weighted by molar-refractivity contribution is 6.01. The first-order valence-corrected chi connectivity index (χ1v) is 12.9. The van der Waals surface area contributed by atoms with Crippen LogP contribution in [0.15, 0.2) is 0 Å². The van der Waals surface area contributed by atoms with Crippen LogP contribution in [-0.2, 0) is 17.6 Å². The summed E-state index contributed by atoms with van der Waals surface area (Å²) in [5, 5.41) is 3.18. The van der Waals surface area contributed by atoms with Crippen LogP contribution in [0.4, 0.5) is 0 Å². The van der Waals surface area contributed by atoms with Crippen molar-refractivity contribution < 1.29 is 9.59 Å². The van der Waals surface area contributed by atoms with Crippen molar-refractivity contribution in [3.05, 3.63) is 22.5 Å². The number of rotatable bonds is 4. The molecule has 1 aromatic rings. The van der Waals surface area contributed by atoms with Crippen molar-refractivity contribution in [1.29, 1.82) is 0 Å². The van der Waals surface area contributed by atoms with E-state index in [-0.39, 0.29) is 17.4 Å². The summed E-state index contributed by atoms with van der Waals surface area (Å²) in [5.74, 6) is 1.49. The Hall–Kier alpha value is -1.66. The normalized spacial score (nSPS) is 31.2. The van der Waals surface area contributed by atoms with Gasteiger partial charge in [0.15, 0.2) is 5.78 Å². The van der Waals surface area contributed by atoms with Crippen LogP contribution >= 0.6 is 0 Å². The molecular weight excluding hydrogens is 400 g/mol. The smallest absolute Gasteiger partial charge is 0.241 e. The van der Waals surface area contributed by atoms with E-state index in [1.54, 1.807) is 0 Å². The number of carbonyl (C=O) groups excluding carboxylic acids is 2. The summed E-state index contributed by atoms with van der Waals surface area (Å²) in [4.78, 5) is 34.8. The average molecular weight is 441 g/mol. The third kappa shape index (κ3) is 3.63. The Balaban J connectivity index is 1.24. The molecule has 2 saturated heterocycles. The number of hydrogen-bond donors (Lipinski definition) is 2. The summed E-state index contributed by atoms with van der Waals surface area (Å²) in [6.07, 6.45) is 9.59. The molecule has 3 heterocycles. The van der Waals surface area contributed by atoms with Crippen LogP contribution in [0.25, 0.3) is 0 Å². The quantitative estimate of drug-likeness (QED) is 0.753. The maximum atomic E-state index is 13.4. The minimum Gasteiger partial charge on any atom is -0.362 e. The fourth-order valence-electron chi connectivity index (χ4n) is 7.06. The molecule has 0 radical (unpaired) electrons. The van der Waals surface area contributed by atoms with E-state index in [1.165, 1.54) is 31.2 Å². The predicted octanol–water partition coefficient (Wildman–Crippen LogP) is 3.43. The molecule has 0 aromatic carbocycles. The van der Waals surface area contributed by atoms with Crippen molar-refractivity contribution >= 4 is 11.7 Å². The van der Waals surface area contributed by atoms with Gasteiger partial charge in [0.1, 0.15) is 5.54 Å². The maximum Gasteiger partial charge on any atom is 0.241 e. The summed E-state index contributed by atoms with van der Waals surface area (Å²) in [6.45, 7) is 9.97. The molecule has 2 aliphatic carbocycles. The third-order valence-corrected chi connectivity index (χ3v) is 9.08. The topological polar surface area (TPSA) is 68.4 Å². The third-order valence-electron chi connectivity index (χ3n) is 9.08. The number of nitrogens with zero attached hydrogens (tertiary/aromatic N) is 2. The molecule has 1 saturated carbocycles. The number of ketones is 1. The first kappa shape index (κ1) is 22.1. The fourth-order valence-corrected chi connectivity index (χ4v) is 7.06. The van der Waals surface area contributed by atoms with E-state index in [2.05, 4.69) is 40.9 Å². The summed E-state index contributed by atoms with van der Waals surface area (Å²) in [7, 11) is 0. The lowest BCUT2D eigenvalue weighted by Gasteiger charge is -2.47. The Kier molecular flexibility index (Phi) is 5.95. The van der Waals surface area contributed by atoms with Gasteiger partial charge in [0.25, 0.3) is 0 Å². The molecule has 1 aromatic heterocycles. The second kappa shape index (κ2) is 8.60. The minimum atomic E-state index is -0.321. The fraction of sp³-hybridized carbons (Fsp3) is 0.769. The second-order valence-electron chi connectivity index (χ2n) is 10.9. The molecule has 1 atom stereocenters. The average Bonchev–Trinajstić information content (AvgIpc) is 3.29. The number of aromatic amines is 1. The Bertz CT molecular complexity index is 875. The molecule has 5 rings (SSSR count). The molecule has 176 valence electrons. The van der Waals surface area contributed by atoms with Gasteiger partial charge in [0.2, 0.25) is 5.91 Å². The van der Waals surface area contributed by atoms with Crippen molar-refractivity contribution in [2.75, 3.05) is 26.3 Å². The monoisotopic (exact) mass is 440 g/mol. The van der Waals surface area contributed by atoms with Gasteiger partial charge in [-0.3, -0.25) is 14.5 Å². The molecular formula is C26H40N4O2. The van der Waals surface area contributed by atoms with Crippen LogP contribution in [0.1, 0.15) is 86.1 Å². The van der Waals surface area contributed by atoms with Crippen LogP contribution in [0.3, 0.4) is 0 Å². The van der Waals surface area contributed by atoms with Gasteiger partial charge in [0.05, 0.1) is 6.67 Å². The molecule has 6 nitrogen and oxygen atoms in total. The molecule has 6 heteroatoms. The number of nitrogens with one attached hydrogen (secondary N) is 2. The number of likely N-dealkylation sites (tertiary alicyclic amines) is 1. The van der Waals surface area contributed by atoms with E-state index in [0.717, 1.165) is 74.6 Å². The second-order valence-corrected chi connectivity index (χ2v) is 10.9. The Morgan fingerprint density at radius 3 is 2.47 bits per heavy atom. The predicted molar refractivity (Wildman–Crippen MR) is 126 cm³/mol. The van der Waals surface area contributed by atoms with Gasteiger partial charge in [-0.1, -0.05) is 13.8 Å². The van der Waals surface area contributed by atoms with Crippen molar-refractivity contribution in [2.24, 2.45) is 11.8 Å². The number of Topliss-reactive ketones (excluding diaryl/α,β-unsaturated/α-hetero) is 1. The van der Waals surface area contributed by atoms with Crippen LogP contribution in [0.2, 0.25) is 0 Å². The standard InChI is InChI=1S/C26H40N4O2/c1-4-21-18(3)28-22-10-7-19(24(31)23(21)22)15-29-13-11-26(12-14-29)25(32)27-16-30(26)20-8-5-17(2)6-9-20/h17,19-20,28H,4-16H2,1-3H3,(H,27,32). The van der Waals surface area contributed by atoms with Crippen molar-refractivity contribution in [1.82, 2.24) is 20.1 Å². The maximum absolute atomic E-state index is 13.4. The molecule has 2 aliphatic heterocycles. The number of aromatic nitrogens is 1. The van der Waals surface area contributed by atoms with E-state index < -0.39 is 0 Å². The van der Waals surface area contributed by atoms with Gasteiger partial charge in [0, 0.05) is 48.5 Å². The van der Waals surface area contributed by atoms with Gasteiger partial charge < -0.3 is 15.2 Å². The molecule has 0 bridgehead atoms. The zero-order valence-corrected chi connectivity index (χ0v) is 20.1. The first-order valence-electron chi connectivity index (χ1n) is 12.9. The van der Waals surface area contributed by atoms with Crippen LogP contribution in [0.5, 0.6) is 0 Å². The Morgan fingerprint density at radius 2 is 1.78 bits per heavy atom. The number of H-pyrrole nitrogens is 1. The number of carbonyl (C=O) groups is 2. The summed E-state index contributed by atoms with van der Waals surface area (Å²) in [5.41, 5.74) is 4.20. The SMILES string of the molecule is CCc1c(C)[nH]c2c1C(=O)C(CN1CCC3(CC1)C(=O)NCN3C1CCC(C)CC1)CC2. The molecule has 2 N–H and O–H groups in total. The van der Waals surface area contributed by atoms with Gasteiger partial charge in [-0.05, 0) is 76.2 Å². The zero-order chi connectivity index (χ0) is 22.5. The highest BCUT2D eigenvalue weighted by atomic mass is 16.2. The highest BCUT2D eigenvalue weighted by Crippen LogP contribution is 2.39. The Labute approximate surface area is 192 Å². The number of amides is 1. The summed E-state index contributed by atoms with van der Waals surface area (Å²) >= 11 is 0. The molecule has 3 fully saturated rings. The summed E-state index contributed by atoms with van der Waals surface area (Å²) in [6, 6.07) is 0.541. The lowest BCUT2D eigenvalue weighted by Crippen LogP contribution is -2.59. The Morgan fingerprint density at radius 1 is 1.06 bits per heavy atom. The van der Waals surface area contributed by atoms with Crippen LogP contribution < -0.4 is 5.32 Å². The number of aryl methyl sites for hydroxylation is 2. The molecule has 1 unspecified atom stereocenters. The molecule has 1 spiro atoms. The van der Waals surface area contributed by atoms with E-state index >= 15 is 0 Å². The van der Waals surface area contributed by atoms with Gasteiger partial charge >= 0.3 is 0 Å². The lowest BCUT2D eigenvalue weighted by molar-refractivity contribution is -0.130. The lowest BCUT2D eigenvalue weighted by atomic mass is 9.80. The van der Waals surface area contributed by atoms with E-state index in [1.807, 2.05) is 0 Å². The van der Waals surface area contributed by atoms with E-state index in [0.29, 0.717) is 18.5 Å². The van der Waals surface area contributed by atoms with Crippen LogP contribution in [0, 0.1) is 18.8 Å². The number of fused-ring (bicyclic) bond motifs is 1. The van der Waals surface area contributed by atoms with Crippen molar-refractivity contribution in [3.63, 3.8) is 0 Å². The first-order chi connectivity index (χ1) is 15.4. The van der Waals surface area contributed by atoms with Gasteiger partial charge in [-0.15, -0.1) is 0 Å². The zero-order valence-electron chi connectivity index (χ0n) is 20.1. The molecule has 1 amide bonds. The van der Waals surface area contributed by atoms with Crippen molar-refractivity contribution in [2.45, 2.75) is 90.1 Å². The van der Waals surface area contributed by atoms with Gasteiger partial charge in [-0.25, -0.2) is 0 Å². The van der Waals surface area contributed by atoms with E-state index in [9.17, 15) is 9.59 Å². The van der Waals surface area contributed by atoms with E-state index in [4.69, 9.17) is 0 Å².